The van der Waals surface area contributed by atoms with Crippen molar-refractivity contribution in [1.82, 2.24) is 10.2 Å². The number of nitrogens with zero attached hydrogens (tertiary/aromatic N) is 2. The van der Waals surface area contributed by atoms with Gasteiger partial charge < -0.3 is 10.2 Å². The minimum atomic E-state index is -0.220. The minimum absolute atomic E-state index is 0.166. The van der Waals surface area contributed by atoms with E-state index in [1.165, 1.54) is 12.1 Å². The fourth-order valence-electron chi connectivity index (χ4n) is 2.39. The second kappa shape index (κ2) is 7.69. The zero-order chi connectivity index (χ0) is 15.9. The van der Waals surface area contributed by atoms with Gasteiger partial charge in [-0.15, -0.1) is 0 Å². The van der Waals surface area contributed by atoms with Gasteiger partial charge in [0.05, 0.1) is 11.6 Å². The van der Waals surface area contributed by atoms with Gasteiger partial charge in [0, 0.05) is 19.1 Å². The van der Waals surface area contributed by atoms with Gasteiger partial charge in [-0.2, -0.15) is 5.26 Å². The summed E-state index contributed by atoms with van der Waals surface area (Å²) in [7, 11) is 4.01. The van der Waals surface area contributed by atoms with Crippen molar-refractivity contribution in [3.63, 3.8) is 0 Å². The van der Waals surface area contributed by atoms with Crippen molar-refractivity contribution in [2.75, 3.05) is 20.6 Å². The molecule has 0 aliphatic carbocycles. The predicted molar refractivity (Wildman–Crippen MR) is 85.7 cm³/mol. The fraction of sp³-hybridized carbons (Fsp3) is 0.278. The van der Waals surface area contributed by atoms with E-state index < -0.39 is 0 Å². The lowest BCUT2D eigenvalue weighted by atomic mass is 10.1. The zero-order valence-electron chi connectivity index (χ0n) is 12.9. The van der Waals surface area contributed by atoms with Crippen molar-refractivity contribution in [3.8, 4) is 6.07 Å². The Balaban J connectivity index is 1.97. The predicted octanol–water partition coefficient (Wildman–Crippen LogP) is 3.09. The highest BCUT2D eigenvalue weighted by Gasteiger charge is 2.13. The van der Waals surface area contributed by atoms with Crippen LogP contribution in [0.25, 0.3) is 0 Å². The molecule has 0 amide bonds. The quantitative estimate of drug-likeness (QED) is 0.890. The second-order valence-electron chi connectivity index (χ2n) is 5.47. The first-order chi connectivity index (χ1) is 10.6. The summed E-state index contributed by atoms with van der Waals surface area (Å²) in [5.41, 5.74) is 2.82. The van der Waals surface area contributed by atoms with Gasteiger partial charge in [-0.1, -0.05) is 24.3 Å². The van der Waals surface area contributed by atoms with E-state index in [0.29, 0.717) is 12.1 Å². The van der Waals surface area contributed by atoms with E-state index in [0.717, 1.165) is 17.7 Å². The van der Waals surface area contributed by atoms with Crippen LogP contribution in [0, 0.1) is 17.1 Å². The van der Waals surface area contributed by atoms with Gasteiger partial charge in [-0.05, 0) is 49.5 Å². The Morgan fingerprint density at radius 2 is 1.91 bits per heavy atom. The first kappa shape index (κ1) is 16.2. The molecule has 0 aliphatic rings. The summed E-state index contributed by atoms with van der Waals surface area (Å²) < 4.78 is 13.0. The summed E-state index contributed by atoms with van der Waals surface area (Å²) in [6, 6.07) is 16.5. The minimum Gasteiger partial charge on any atom is -0.311 e. The highest BCUT2D eigenvalue weighted by Crippen LogP contribution is 2.18. The Kier molecular flexibility index (Phi) is 5.65. The lowest BCUT2D eigenvalue weighted by Gasteiger charge is -2.25. The molecule has 0 radical (unpaired) electrons. The molecule has 2 aromatic carbocycles. The van der Waals surface area contributed by atoms with E-state index in [4.69, 9.17) is 5.26 Å². The maximum Gasteiger partial charge on any atom is 0.123 e. The van der Waals surface area contributed by atoms with Crippen LogP contribution in [-0.4, -0.2) is 25.5 Å². The molecule has 0 saturated heterocycles. The Morgan fingerprint density at radius 1 is 1.18 bits per heavy atom. The molecule has 2 rings (SSSR count). The first-order valence-corrected chi connectivity index (χ1v) is 7.22. The number of benzene rings is 2. The third kappa shape index (κ3) is 4.39. The molecule has 3 nitrogen and oxygen atoms in total. The summed E-state index contributed by atoms with van der Waals surface area (Å²) >= 11 is 0. The lowest BCUT2D eigenvalue weighted by Crippen LogP contribution is -2.30. The first-order valence-electron chi connectivity index (χ1n) is 7.22. The molecule has 0 saturated carbocycles. The summed E-state index contributed by atoms with van der Waals surface area (Å²) in [5.74, 6) is -0.220. The molecule has 1 atom stereocenters. The van der Waals surface area contributed by atoms with Crippen molar-refractivity contribution in [3.05, 3.63) is 71.0 Å². The Labute approximate surface area is 131 Å². The summed E-state index contributed by atoms with van der Waals surface area (Å²) in [5, 5.41) is 12.3. The number of nitrogens with one attached hydrogen (secondary N) is 1. The van der Waals surface area contributed by atoms with Gasteiger partial charge >= 0.3 is 0 Å². The molecule has 1 N–H and O–H groups in total. The summed E-state index contributed by atoms with van der Waals surface area (Å²) in [6.07, 6.45) is 0. The zero-order valence-corrected chi connectivity index (χ0v) is 12.9. The van der Waals surface area contributed by atoms with Crippen molar-refractivity contribution >= 4 is 0 Å². The van der Waals surface area contributed by atoms with E-state index in [9.17, 15) is 4.39 Å². The monoisotopic (exact) mass is 297 g/mol. The molecule has 22 heavy (non-hydrogen) atoms. The third-order valence-electron chi connectivity index (χ3n) is 3.60. The SMILES string of the molecule is CN(C)C(CNCc1cccc(C#N)c1)c1ccc(F)cc1. The van der Waals surface area contributed by atoms with Crippen molar-refractivity contribution in [2.24, 2.45) is 0 Å². The van der Waals surface area contributed by atoms with Gasteiger partial charge in [-0.3, -0.25) is 0 Å². The van der Waals surface area contributed by atoms with Gasteiger partial charge in [-0.25, -0.2) is 4.39 Å². The standard InChI is InChI=1S/C18H20FN3/c1-22(2)18(16-6-8-17(19)9-7-16)13-21-12-15-5-3-4-14(10-15)11-20/h3-10,18,21H,12-13H2,1-2H3. The average Bonchev–Trinajstić information content (AvgIpc) is 2.52. The van der Waals surface area contributed by atoms with Crippen molar-refractivity contribution < 1.29 is 4.39 Å². The molecule has 0 spiro atoms. The lowest BCUT2D eigenvalue weighted by molar-refractivity contribution is 0.288. The molecule has 114 valence electrons. The molecule has 2 aromatic rings. The largest absolute Gasteiger partial charge is 0.311 e. The highest BCUT2D eigenvalue weighted by molar-refractivity contribution is 5.32. The number of hydrogen-bond donors (Lipinski definition) is 1. The van der Waals surface area contributed by atoms with Crippen molar-refractivity contribution in [2.45, 2.75) is 12.6 Å². The molecule has 0 bridgehead atoms. The Bertz CT molecular complexity index is 644. The molecule has 1 unspecified atom stereocenters. The highest BCUT2D eigenvalue weighted by atomic mass is 19.1. The maximum absolute atomic E-state index is 13.0. The molecule has 0 fully saturated rings. The molecule has 0 aliphatic heterocycles. The molecular weight excluding hydrogens is 277 g/mol. The van der Waals surface area contributed by atoms with E-state index >= 15 is 0 Å². The Hall–Kier alpha value is -2.22. The molecular formula is C18H20FN3. The van der Waals surface area contributed by atoms with Crippen LogP contribution < -0.4 is 5.32 Å². The number of nitriles is 1. The summed E-state index contributed by atoms with van der Waals surface area (Å²) in [6.45, 7) is 1.44. The topological polar surface area (TPSA) is 39.1 Å². The number of likely N-dealkylation sites (N-methyl/N-ethyl adjacent to an activating group) is 1. The third-order valence-corrected chi connectivity index (χ3v) is 3.60. The Morgan fingerprint density at radius 3 is 2.55 bits per heavy atom. The molecule has 0 aromatic heterocycles. The molecule has 0 heterocycles. The van der Waals surface area contributed by atoms with Crippen LogP contribution in [0.15, 0.2) is 48.5 Å². The van der Waals surface area contributed by atoms with Crippen LogP contribution >= 0.6 is 0 Å². The van der Waals surface area contributed by atoms with Crippen LogP contribution in [0.3, 0.4) is 0 Å². The van der Waals surface area contributed by atoms with Crippen LogP contribution in [-0.2, 0) is 6.54 Å². The fourth-order valence-corrected chi connectivity index (χ4v) is 2.39. The number of halogens is 1. The van der Waals surface area contributed by atoms with Gasteiger partial charge in [0.1, 0.15) is 5.82 Å². The average molecular weight is 297 g/mol. The van der Waals surface area contributed by atoms with Gasteiger partial charge in [0.15, 0.2) is 0 Å². The second-order valence-corrected chi connectivity index (χ2v) is 5.47. The number of rotatable bonds is 6. The molecule has 4 heteroatoms. The van der Waals surface area contributed by atoms with Gasteiger partial charge in [0.25, 0.3) is 0 Å². The number of hydrogen-bond acceptors (Lipinski definition) is 3. The van der Waals surface area contributed by atoms with Crippen LogP contribution in [0.5, 0.6) is 0 Å². The van der Waals surface area contributed by atoms with Crippen LogP contribution in [0.1, 0.15) is 22.7 Å². The van der Waals surface area contributed by atoms with E-state index in [1.54, 1.807) is 6.07 Å². The smallest absolute Gasteiger partial charge is 0.123 e. The van der Waals surface area contributed by atoms with E-state index in [1.807, 2.05) is 44.4 Å². The van der Waals surface area contributed by atoms with Crippen LogP contribution in [0.2, 0.25) is 0 Å². The van der Waals surface area contributed by atoms with Crippen molar-refractivity contribution in [1.29, 1.82) is 5.26 Å². The van der Waals surface area contributed by atoms with E-state index in [-0.39, 0.29) is 11.9 Å². The maximum atomic E-state index is 13.0. The normalized spacial score (nSPS) is 12.1. The van der Waals surface area contributed by atoms with E-state index in [2.05, 4.69) is 16.3 Å². The summed E-state index contributed by atoms with van der Waals surface area (Å²) in [4.78, 5) is 2.10. The van der Waals surface area contributed by atoms with Gasteiger partial charge in [0.2, 0.25) is 0 Å². The van der Waals surface area contributed by atoms with Crippen LogP contribution in [0.4, 0.5) is 4.39 Å².